The van der Waals surface area contributed by atoms with E-state index in [0.717, 1.165) is 22.9 Å². The van der Waals surface area contributed by atoms with Crippen LogP contribution in [0.5, 0.6) is 11.5 Å². The second-order valence-corrected chi connectivity index (χ2v) is 6.33. The third kappa shape index (κ3) is 2.81. The third-order valence-electron chi connectivity index (χ3n) is 3.96. The van der Waals surface area contributed by atoms with Crippen LogP contribution in [0.1, 0.15) is 34.8 Å². The van der Waals surface area contributed by atoms with Crippen molar-refractivity contribution in [3.63, 3.8) is 0 Å². The van der Waals surface area contributed by atoms with Crippen molar-refractivity contribution in [3.8, 4) is 11.5 Å². The standard InChI is InChI=1S/C17H16BrNO3/c18-12-4-1-3-11(9-12)15-5-2-8-19(15)17(22)14-7-6-13(20)10-16(14)21/h1,3-4,6-7,9-10,15,20-21H,2,5,8H2. The van der Waals surface area contributed by atoms with Crippen LogP contribution in [-0.4, -0.2) is 27.6 Å². The fourth-order valence-corrected chi connectivity index (χ4v) is 3.34. The summed E-state index contributed by atoms with van der Waals surface area (Å²) in [6.45, 7) is 0.663. The molecule has 3 rings (SSSR count). The fraction of sp³-hybridized carbons (Fsp3) is 0.235. The van der Waals surface area contributed by atoms with Crippen LogP contribution in [0.15, 0.2) is 46.9 Å². The molecule has 1 saturated heterocycles. The molecule has 1 fully saturated rings. The number of aromatic hydroxyl groups is 2. The van der Waals surface area contributed by atoms with Gasteiger partial charge in [0, 0.05) is 17.1 Å². The lowest BCUT2D eigenvalue weighted by Gasteiger charge is -2.25. The highest BCUT2D eigenvalue weighted by molar-refractivity contribution is 9.10. The zero-order valence-electron chi connectivity index (χ0n) is 11.9. The Hall–Kier alpha value is -2.01. The summed E-state index contributed by atoms with van der Waals surface area (Å²) in [5.74, 6) is -0.455. The first-order valence-electron chi connectivity index (χ1n) is 7.14. The van der Waals surface area contributed by atoms with E-state index in [1.807, 2.05) is 24.3 Å². The summed E-state index contributed by atoms with van der Waals surface area (Å²) in [5, 5.41) is 19.3. The molecule has 1 amide bonds. The maximum atomic E-state index is 12.7. The van der Waals surface area contributed by atoms with Gasteiger partial charge in [-0.3, -0.25) is 4.79 Å². The molecule has 1 heterocycles. The molecule has 2 N–H and O–H groups in total. The number of carbonyl (C=O) groups excluding carboxylic acids is 1. The molecule has 2 aromatic carbocycles. The molecular formula is C17H16BrNO3. The number of halogens is 1. The molecule has 0 aliphatic carbocycles. The Labute approximate surface area is 137 Å². The maximum Gasteiger partial charge on any atom is 0.258 e. The average molecular weight is 362 g/mol. The Morgan fingerprint density at radius 2 is 2.00 bits per heavy atom. The first-order chi connectivity index (χ1) is 10.6. The van der Waals surface area contributed by atoms with E-state index >= 15 is 0 Å². The molecule has 0 radical (unpaired) electrons. The van der Waals surface area contributed by atoms with Crippen molar-refractivity contribution in [3.05, 3.63) is 58.1 Å². The zero-order valence-corrected chi connectivity index (χ0v) is 13.5. The van der Waals surface area contributed by atoms with Crippen LogP contribution < -0.4 is 0 Å². The lowest BCUT2D eigenvalue weighted by atomic mass is 10.0. The highest BCUT2D eigenvalue weighted by Crippen LogP contribution is 2.35. The fourth-order valence-electron chi connectivity index (χ4n) is 2.93. The van der Waals surface area contributed by atoms with Gasteiger partial charge in [0.25, 0.3) is 5.91 Å². The van der Waals surface area contributed by atoms with Crippen molar-refractivity contribution in [2.24, 2.45) is 0 Å². The van der Waals surface area contributed by atoms with Crippen LogP contribution in [0, 0.1) is 0 Å². The van der Waals surface area contributed by atoms with Gasteiger partial charge in [-0.2, -0.15) is 0 Å². The minimum Gasteiger partial charge on any atom is -0.508 e. The molecule has 0 saturated carbocycles. The number of likely N-dealkylation sites (tertiary alicyclic amines) is 1. The normalized spacial score (nSPS) is 17.7. The Kier molecular flexibility index (Phi) is 4.07. The number of nitrogens with zero attached hydrogens (tertiary/aromatic N) is 1. The van der Waals surface area contributed by atoms with E-state index in [-0.39, 0.29) is 29.0 Å². The lowest BCUT2D eigenvalue weighted by Crippen LogP contribution is -2.30. The van der Waals surface area contributed by atoms with Gasteiger partial charge in [-0.05, 0) is 42.7 Å². The smallest absolute Gasteiger partial charge is 0.258 e. The number of hydrogen-bond donors (Lipinski definition) is 2. The van der Waals surface area contributed by atoms with Crippen molar-refractivity contribution >= 4 is 21.8 Å². The molecule has 114 valence electrons. The number of amides is 1. The monoisotopic (exact) mass is 361 g/mol. The molecule has 5 heteroatoms. The summed E-state index contributed by atoms with van der Waals surface area (Å²) in [7, 11) is 0. The molecule has 1 atom stereocenters. The maximum absolute atomic E-state index is 12.7. The number of benzene rings is 2. The molecular weight excluding hydrogens is 346 g/mol. The van der Waals surface area contributed by atoms with Crippen LogP contribution in [-0.2, 0) is 0 Å². The van der Waals surface area contributed by atoms with E-state index in [4.69, 9.17) is 0 Å². The van der Waals surface area contributed by atoms with Gasteiger partial charge in [-0.25, -0.2) is 0 Å². The van der Waals surface area contributed by atoms with Gasteiger partial charge in [0.1, 0.15) is 11.5 Å². The molecule has 0 aromatic heterocycles. The Balaban J connectivity index is 1.91. The SMILES string of the molecule is O=C(c1ccc(O)cc1O)N1CCCC1c1cccc(Br)c1. The van der Waals surface area contributed by atoms with E-state index in [1.54, 1.807) is 4.90 Å². The first kappa shape index (κ1) is 14.9. The van der Waals surface area contributed by atoms with Gasteiger partial charge in [0.05, 0.1) is 11.6 Å². The van der Waals surface area contributed by atoms with Crippen LogP contribution in [0.4, 0.5) is 0 Å². The molecule has 0 spiro atoms. The first-order valence-corrected chi connectivity index (χ1v) is 7.94. The quantitative estimate of drug-likeness (QED) is 0.854. The van der Waals surface area contributed by atoms with Gasteiger partial charge in [-0.1, -0.05) is 28.1 Å². The van der Waals surface area contributed by atoms with Gasteiger partial charge in [0.15, 0.2) is 0 Å². The van der Waals surface area contributed by atoms with E-state index in [2.05, 4.69) is 15.9 Å². The second-order valence-electron chi connectivity index (χ2n) is 5.41. The number of hydrogen-bond acceptors (Lipinski definition) is 3. The van der Waals surface area contributed by atoms with Crippen molar-refractivity contribution < 1.29 is 15.0 Å². The average Bonchev–Trinajstić information content (AvgIpc) is 2.96. The third-order valence-corrected chi connectivity index (χ3v) is 4.45. The molecule has 22 heavy (non-hydrogen) atoms. The summed E-state index contributed by atoms with van der Waals surface area (Å²) in [4.78, 5) is 14.5. The summed E-state index contributed by atoms with van der Waals surface area (Å²) >= 11 is 3.46. The highest BCUT2D eigenvalue weighted by Gasteiger charge is 2.31. The molecule has 4 nitrogen and oxygen atoms in total. The minimum absolute atomic E-state index is 0.0122. The van der Waals surface area contributed by atoms with Crippen molar-refractivity contribution in [2.45, 2.75) is 18.9 Å². The van der Waals surface area contributed by atoms with E-state index < -0.39 is 0 Å². The summed E-state index contributed by atoms with van der Waals surface area (Å²) in [5.41, 5.74) is 1.30. The van der Waals surface area contributed by atoms with E-state index in [0.29, 0.717) is 6.54 Å². The Morgan fingerprint density at radius 1 is 1.18 bits per heavy atom. The molecule has 2 aromatic rings. The summed E-state index contributed by atoms with van der Waals surface area (Å²) in [6.07, 6.45) is 1.84. The molecule has 1 unspecified atom stereocenters. The van der Waals surface area contributed by atoms with Gasteiger partial charge < -0.3 is 15.1 Å². The lowest BCUT2D eigenvalue weighted by molar-refractivity contribution is 0.0732. The number of phenols is 2. The van der Waals surface area contributed by atoms with Crippen LogP contribution in [0.3, 0.4) is 0 Å². The summed E-state index contributed by atoms with van der Waals surface area (Å²) in [6, 6.07) is 12.0. The van der Waals surface area contributed by atoms with Crippen LogP contribution in [0.25, 0.3) is 0 Å². The van der Waals surface area contributed by atoms with Crippen molar-refractivity contribution in [1.29, 1.82) is 0 Å². The predicted octanol–water partition coefficient (Wildman–Crippen LogP) is 3.84. The van der Waals surface area contributed by atoms with Crippen LogP contribution >= 0.6 is 15.9 Å². The topological polar surface area (TPSA) is 60.8 Å². The van der Waals surface area contributed by atoms with Gasteiger partial charge >= 0.3 is 0 Å². The number of carbonyl (C=O) groups is 1. The van der Waals surface area contributed by atoms with E-state index in [1.165, 1.54) is 18.2 Å². The van der Waals surface area contributed by atoms with Crippen molar-refractivity contribution in [1.82, 2.24) is 4.90 Å². The largest absolute Gasteiger partial charge is 0.508 e. The molecule has 1 aliphatic heterocycles. The predicted molar refractivity (Wildman–Crippen MR) is 86.9 cm³/mol. The Morgan fingerprint density at radius 3 is 2.73 bits per heavy atom. The second kappa shape index (κ2) is 6.01. The van der Waals surface area contributed by atoms with Gasteiger partial charge in [0.2, 0.25) is 0 Å². The molecule has 1 aliphatic rings. The van der Waals surface area contributed by atoms with E-state index in [9.17, 15) is 15.0 Å². The highest BCUT2D eigenvalue weighted by atomic mass is 79.9. The molecule has 0 bridgehead atoms. The number of phenolic OH excluding ortho intramolecular Hbond substituents is 2. The zero-order chi connectivity index (χ0) is 15.7. The van der Waals surface area contributed by atoms with Crippen LogP contribution in [0.2, 0.25) is 0 Å². The number of rotatable bonds is 2. The minimum atomic E-state index is -0.208. The van der Waals surface area contributed by atoms with Gasteiger partial charge in [-0.15, -0.1) is 0 Å². The summed E-state index contributed by atoms with van der Waals surface area (Å²) < 4.78 is 0.983. The Bertz CT molecular complexity index is 717. The van der Waals surface area contributed by atoms with Crippen molar-refractivity contribution in [2.75, 3.05) is 6.54 Å².